The van der Waals surface area contributed by atoms with Crippen LogP contribution in [0.15, 0.2) is 24.5 Å². The van der Waals surface area contributed by atoms with Crippen LogP contribution in [0.25, 0.3) is 0 Å². The highest BCUT2D eigenvalue weighted by atomic mass is 35.5. The van der Waals surface area contributed by atoms with Gasteiger partial charge in [0.05, 0.1) is 6.20 Å². The van der Waals surface area contributed by atoms with E-state index in [0.717, 1.165) is 12.1 Å². The van der Waals surface area contributed by atoms with Crippen molar-refractivity contribution in [3.05, 3.63) is 46.5 Å². The quantitative estimate of drug-likeness (QED) is 0.879. The highest BCUT2D eigenvalue weighted by molar-refractivity contribution is 6.30. The van der Waals surface area contributed by atoms with Crippen LogP contribution in [-0.2, 0) is 6.18 Å². The lowest BCUT2D eigenvalue weighted by atomic mass is 10.1. The average molecular weight is 320 g/mol. The maximum atomic E-state index is 12.5. The molecule has 8 heteroatoms. The van der Waals surface area contributed by atoms with Gasteiger partial charge in [-0.1, -0.05) is 17.7 Å². The number of rotatable bonds is 3. The van der Waals surface area contributed by atoms with Gasteiger partial charge in [-0.2, -0.15) is 18.3 Å². The lowest BCUT2D eigenvalue weighted by Gasteiger charge is -2.13. The third-order valence-corrected chi connectivity index (χ3v) is 3.23. The van der Waals surface area contributed by atoms with E-state index in [1.54, 1.807) is 10.9 Å². The Kier molecular flexibility index (Phi) is 4.25. The molecule has 0 aromatic carbocycles. The SMILES string of the molecule is CC(C)n1cc(C(O)c2ccc(C(F)(F)F)nc2Cl)cn1. The van der Waals surface area contributed by atoms with Gasteiger partial charge >= 0.3 is 6.18 Å². The van der Waals surface area contributed by atoms with Crippen LogP contribution in [0.1, 0.15) is 42.8 Å². The number of nitrogens with zero attached hydrogens (tertiary/aromatic N) is 3. The number of pyridine rings is 1. The van der Waals surface area contributed by atoms with E-state index in [0.29, 0.717) is 5.56 Å². The summed E-state index contributed by atoms with van der Waals surface area (Å²) in [6.07, 6.45) is -2.70. The molecule has 2 rings (SSSR count). The molecule has 4 nitrogen and oxygen atoms in total. The van der Waals surface area contributed by atoms with Gasteiger partial charge in [-0.25, -0.2) is 4.98 Å². The van der Waals surface area contributed by atoms with Gasteiger partial charge in [0, 0.05) is 23.4 Å². The molecule has 1 atom stereocenters. The van der Waals surface area contributed by atoms with E-state index in [2.05, 4.69) is 10.1 Å². The number of alkyl halides is 3. The van der Waals surface area contributed by atoms with Gasteiger partial charge in [0.1, 0.15) is 17.0 Å². The van der Waals surface area contributed by atoms with Crippen molar-refractivity contribution in [2.75, 3.05) is 0 Å². The van der Waals surface area contributed by atoms with Gasteiger partial charge in [0.25, 0.3) is 0 Å². The summed E-state index contributed by atoms with van der Waals surface area (Å²) in [4.78, 5) is 3.29. The van der Waals surface area contributed by atoms with E-state index >= 15 is 0 Å². The molecule has 2 heterocycles. The molecule has 1 unspecified atom stereocenters. The third-order valence-electron chi connectivity index (χ3n) is 2.93. The molecule has 0 bridgehead atoms. The summed E-state index contributed by atoms with van der Waals surface area (Å²) in [5.74, 6) is 0. The van der Waals surface area contributed by atoms with Crippen LogP contribution in [0.5, 0.6) is 0 Å². The number of aliphatic hydroxyl groups is 1. The topological polar surface area (TPSA) is 50.9 Å². The van der Waals surface area contributed by atoms with Gasteiger partial charge in [0.2, 0.25) is 0 Å². The molecule has 0 fully saturated rings. The van der Waals surface area contributed by atoms with Crippen LogP contribution in [0.4, 0.5) is 13.2 Å². The fraction of sp³-hybridized carbons (Fsp3) is 0.385. The minimum atomic E-state index is -4.57. The summed E-state index contributed by atoms with van der Waals surface area (Å²) < 4.78 is 39.2. The van der Waals surface area contributed by atoms with Crippen LogP contribution >= 0.6 is 11.6 Å². The molecule has 2 aromatic heterocycles. The smallest absolute Gasteiger partial charge is 0.383 e. The van der Waals surface area contributed by atoms with Gasteiger partial charge < -0.3 is 5.11 Å². The van der Waals surface area contributed by atoms with Gasteiger partial charge in [-0.05, 0) is 19.9 Å². The number of aromatic nitrogens is 3. The standard InChI is InChI=1S/C13H13ClF3N3O/c1-7(2)20-6-8(5-18-20)11(21)9-3-4-10(13(15,16)17)19-12(9)14/h3-7,11,21H,1-2H3. The summed E-state index contributed by atoms with van der Waals surface area (Å²) in [7, 11) is 0. The Hall–Kier alpha value is -1.60. The molecular formula is C13H13ClF3N3O. The second-order valence-corrected chi connectivity index (χ2v) is 5.18. The first kappa shape index (κ1) is 15.8. The maximum Gasteiger partial charge on any atom is 0.433 e. The summed E-state index contributed by atoms with van der Waals surface area (Å²) in [5.41, 5.74) is -0.554. The van der Waals surface area contributed by atoms with Crippen molar-refractivity contribution >= 4 is 11.6 Å². The highest BCUT2D eigenvalue weighted by Crippen LogP contribution is 2.32. The minimum Gasteiger partial charge on any atom is -0.383 e. The molecule has 0 aliphatic rings. The fourth-order valence-corrected chi connectivity index (χ4v) is 2.02. The van der Waals surface area contributed by atoms with E-state index in [1.165, 1.54) is 6.20 Å². The van der Waals surface area contributed by atoms with Crippen molar-refractivity contribution in [2.45, 2.75) is 32.2 Å². The number of halogens is 4. The summed E-state index contributed by atoms with van der Waals surface area (Å²) in [6.45, 7) is 3.83. The van der Waals surface area contributed by atoms with Gasteiger partial charge in [0.15, 0.2) is 0 Å². The predicted molar refractivity (Wildman–Crippen MR) is 70.9 cm³/mol. The van der Waals surface area contributed by atoms with E-state index < -0.39 is 18.0 Å². The molecular weight excluding hydrogens is 307 g/mol. The first-order chi connectivity index (χ1) is 9.70. The Balaban J connectivity index is 2.32. The normalized spacial score (nSPS) is 13.7. The molecule has 2 aromatic rings. The summed E-state index contributed by atoms with van der Waals surface area (Å²) >= 11 is 5.75. The second kappa shape index (κ2) is 5.65. The molecule has 0 saturated carbocycles. The number of hydrogen-bond donors (Lipinski definition) is 1. The molecule has 114 valence electrons. The zero-order chi connectivity index (χ0) is 15.8. The lowest BCUT2D eigenvalue weighted by molar-refractivity contribution is -0.141. The Labute approximate surface area is 124 Å². The fourth-order valence-electron chi connectivity index (χ4n) is 1.76. The van der Waals surface area contributed by atoms with Crippen LogP contribution in [-0.4, -0.2) is 19.9 Å². The van der Waals surface area contributed by atoms with Crippen LogP contribution in [0, 0.1) is 0 Å². The Bertz CT molecular complexity index is 640. The summed E-state index contributed by atoms with van der Waals surface area (Å²) in [6, 6.07) is 2.01. The molecule has 0 radical (unpaired) electrons. The van der Waals surface area contributed by atoms with Crippen LogP contribution in [0.3, 0.4) is 0 Å². The van der Waals surface area contributed by atoms with Crippen LogP contribution in [0.2, 0.25) is 5.15 Å². The largest absolute Gasteiger partial charge is 0.433 e. The average Bonchev–Trinajstić information content (AvgIpc) is 2.86. The van der Waals surface area contributed by atoms with Crippen molar-refractivity contribution in [2.24, 2.45) is 0 Å². The lowest BCUT2D eigenvalue weighted by Crippen LogP contribution is -2.10. The number of hydrogen-bond acceptors (Lipinski definition) is 3. The second-order valence-electron chi connectivity index (χ2n) is 4.82. The zero-order valence-electron chi connectivity index (χ0n) is 11.3. The minimum absolute atomic E-state index is 0.104. The van der Waals surface area contributed by atoms with E-state index in [1.807, 2.05) is 13.8 Å². The highest BCUT2D eigenvalue weighted by Gasteiger charge is 2.33. The van der Waals surface area contributed by atoms with Crippen molar-refractivity contribution in [3.63, 3.8) is 0 Å². The van der Waals surface area contributed by atoms with Crippen molar-refractivity contribution in [3.8, 4) is 0 Å². The Morgan fingerprint density at radius 3 is 2.43 bits per heavy atom. The Morgan fingerprint density at radius 2 is 1.95 bits per heavy atom. The van der Waals surface area contributed by atoms with Crippen LogP contribution < -0.4 is 0 Å². The van der Waals surface area contributed by atoms with E-state index in [9.17, 15) is 18.3 Å². The van der Waals surface area contributed by atoms with Crippen molar-refractivity contribution in [1.82, 2.24) is 14.8 Å². The molecule has 0 amide bonds. The third kappa shape index (κ3) is 3.36. The molecule has 0 aliphatic carbocycles. The predicted octanol–water partition coefficient (Wildman–Crippen LogP) is 3.61. The molecule has 21 heavy (non-hydrogen) atoms. The monoisotopic (exact) mass is 319 g/mol. The first-order valence-electron chi connectivity index (χ1n) is 6.16. The van der Waals surface area contributed by atoms with Gasteiger partial charge in [-0.3, -0.25) is 4.68 Å². The molecule has 0 aliphatic heterocycles. The van der Waals surface area contributed by atoms with E-state index in [4.69, 9.17) is 11.6 Å². The van der Waals surface area contributed by atoms with E-state index in [-0.39, 0.29) is 16.8 Å². The molecule has 0 saturated heterocycles. The van der Waals surface area contributed by atoms with Gasteiger partial charge in [-0.15, -0.1) is 0 Å². The maximum absolute atomic E-state index is 12.5. The Morgan fingerprint density at radius 1 is 1.29 bits per heavy atom. The summed E-state index contributed by atoms with van der Waals surface area (Å²) in [5, 5.41) is 13.9. The molecule has 1 N–H and O–H groups in total. The molecule has 0 spiro atoms. The van der Waals surface area contributed by atoms with Crippen molar-refractivity contribution < 1.29 is 18.3 Å². The van der Waals surface area contributed by atoms with Crippen molar-refractivity contribution in [1.29, 1.82) is 0 Å². The zero-order valence-corrected chi connectivity index (χ0v) is 12.0. The first-order valence-corrected chi connectivity index (χ1v) is 6.53. The number of aliphatic hydroxyl groups excluding tert-OH is 1.